The maximum Gasteiger partial charge on any atom is 0.306 e. The van der Waals surface area contributed by atoms with Gasteiger partial charge in [0.1, 0.15) is 5.75 Å². The van der Waals surface area contributed by atoms with Gasteiger partial charge in [0.2, 0.25) is 5.91 Å². The number of anilines is 1. The molecule has 1 aliphatic heterocycles. The van der Waals surface area contributed by atoms with Crippen LogP contribution in [0.3, 0.4) is 0 Å². The number of rotatable bonds is 7. The number of hydrogen-bond acceptors (Lipinski definition) is 4. The zero-order chi connectivity index (χ0) is 25.2. The Labute approximate surface area is 204 Å². The van der Waals surface area contributed by atoms with Crippen molar-refractivity contribution in [3.8, 4) is 5.75 Å². The topological polar surface area (TPSA) is 64.6 Å². The Bertz CT molecular complexity index is 1060. The summed E-state index contributed by atoms with van der Waals surface area (Å²) in [6, 6.07) is 8.46. The minimum Gasteiger partial charge on any atom is -0.492 e. The van der Waals surface area contributed by atoms with E-state index in [1.807, 2.05) is 20.8 Å². The molecule has 184 valence electrons. The molecule has 0 saturated carbocycles. The van der Waals surface area contributed by atoms with E-state index in [-0.39, 0.29) is 29.1 Å². The Balaban J connectivity index is 1.89. The van der Waals surface area contributed by atoms with Crippen LogP contribution in [-0.4, -0.2) is 25.1 Å². The van der Waals surface area contributed by atoms with Crippen LogP contribution in [0.4, 0.5) is 5.69 Å². The van der Waals surface area contributed by atoms with Gasteiger partial charge in [-0.15, -0.1) is 0 Å². The van der Waals surface area contributed by atoms with Crippen LogP contribution in [0.5, 0.6) is 5.75 Å². The van der Waals surface area contributed by atoms with Crippen LogP contribution in [0.1, 0.15) is 92.7 Å². The van der Waals surface area contributed by atoms with E-state index >= 15 is 0 Å². The second kappa shape index (κ2) is 10.2. The first-order valence-corrected chi connectivity index (χ1v) is 12.2. The van der Waals surface area contributed by atoms with Crippen LogP contribution in [0.25, 0.3) is 0 Å². The van der Waals surface area contributed by atoms with Gasteiger partial charge < -0.3 is 14.8 Å². The van der Waals surface area contributed by atoms with E-state index in [1.54, 1.807) is 0 Å². The molecular weight excluding hydrogens is 426 g/mol. The number of ether oxygens (including phenoxy) is 2. The quantitative estimate of drug-likeness (QED) is 0.470. The number of hydrogen-bond donors (Lipinski definition) is 1. The minimum absolute atomic E-state index is 0.0356. The van der Waals surface area contributed by atoms with Crippen LogP contribution in [0.2, 0.25) is 0 Å². The van der Waals surface area contributed by atoms with Gasteiger partial charge in [-0.2, -0.15) is 0 Å². The van der Waals surface area contributed by atoms with E-state index in [4.69, 9.17) is 9.47 Å². The van der Waals surface area contributed by atoms with Crippen LogP contribution in [0, 0.1) is 26.2 Å². The molecule has 0 aromatic heterocycles. The molecule has 5 heteroatoms. The first-order chi connectivity index (χ1) is 15.9. The smallest absolute Gasteiger partial charge is 0.306 e. The molecule has 0 aliphatic carbocycles. The van der Waals surface area contributed by atoms with Crippen molar-refractivity contribution in [1.82, 2.24) is 0 Å². The SMILES string of the molecule is CCOC(=O)CC(C)c1ccc(C2COc3c(C)c(C)c(NC(=O)CC(C)(C)C)c(C)c32)cc1. The van der Waals surface area contributed by atoms with E-state index in [9.17, 15) is 9.59 Å². The standard InChI is InChI=1S/C29H39NO4/c1-9-33-25(32)14-17(2)21-10-12-22(13-11-21)23-16-34-28-19(4)18(3)27(20(5)26(23)28)30-24(31)15-29(6,7)8/h10-13,17,23H,9,14-16H2,1-8H3,(H,30,31). The lowest BCUT2D eigenvalue weighted by Crippen LogP contribution is -2.21. The van der Waals surface area contributed by atoms with Crippen LogP contribution in [0.15, 0.2) is 24.3 Å². The molecule has 1 N–H and O–H groups in total. The second-order valence-electron chi connectivity index (χ2n) is 10.7. The van der Waals surface area contributed by atoms with Crippen molar-refractivity contribution in [3.63, 3.8) is 0 Å². The molecule has 0 spiro atoms. The molecular formula is C29H39NO4. The molecule has 3 rings (SSSR count). The summed E-state index contributed by atoms with van der Waals surface area (Å²) in [5, 5.41) is 3.19. The molecule has 2 unspecified atom stereocenters. The average molecular weight is 466 g/mol. The van der Waals surface area contributed by atoms with Gasteiger partial charge in [-0.05, 0) is 66.8 Å². The summed E-state index contributed by atoms with van der Waals surface area (Å²) in [7, 11) is 0. The molecule has 2 atom stereocenters. The molecule has 0 fully saturated rings. The number of benzene rings is 2. The summed E-state index contributed by atoms with van der Waals surface area (Å²) in [5.41, 5.74) is 7.48. The lowest BCUT2D eigenvalue weighted by atomic mass is 9.85. The molecule has 2 aromatic carbocycles. The second-order valence-corrected chi connectivity index (χ2v) is 10.7. The van der Waals surface area contributed by atoms with Crippen molar-refractivity contribution >= 4 is 17.6 Å². The van der Waals surface area contributed by atoms with Crippen molar-refractivity contribution in [1.29, 1.82) is 0 Å². The van der Waals surface area contributed by atoms with E-state index in [0.29, 0.717) is 26.1 Å². The van der Waals surface area contributed by atoms with Gasteiger partial charge >= 0.3 is 5.97 Å². The number of fused-ring (bicyclic) bond motifs is 1. The first kappa shape index (κ1) is 25.8. The number of esters is 1. The molecule has 1 heterocycles. The van der Waals surface area contributed by atoms with Crippen molar-refractivity contribution in [2.45, 2.75) is 80.1 Å². The molecule has 5 nitrogen and oxygen atoms in total. The Morgan fingerprint density at radius 3 is 2.32 bits per heavy atom. The summed E-state index contributed by atoms with van der Waals surface area (Å²) >= 11 is 0. The Kier molecular flexibility index (Phi) is 7.74. The fourth-order valence-electron chi connectivity index (χ4n) is 4.76. The molecule has 1 amide bonds. The zero-order valence-corrected chi connectivity index (χ0v) is 21.9. The normalized spacial score (nSPS) is 15.9. The maximum absolute atomic E-state index is 12.7. The molecule has 0 radical (unpaired) electrons. The zero-order valence-electron chi connectivity index (χ0n) is 21.9. The van der Waals surface area contributed by atoms with Crippen molar-refractivity contribution in [2.75, 3.05) is 18.5 Å². The third-order valence-corrected chi connectivity index (χ3v) is 6.69. The highest BCUT2D eigenvalue weighted by Crippen LogP contribution is 2.47. The molecule has 0 saturated heterocycles. The fourth-order valence-corrected chi connectivity index (χ4v) is 4.76. The van der Waals surface area contributed by atoms with E-state index < -0.39 is 0 Å². The van der Waals surface area contributed by atoms with Gasteiger partial charge in [-0.3, -0.25) is 9.59 Å². The van der Waals surface area contributed by atoms with Gasteiger partial charge in [0.15, 0.2) is 0 Å². The summed E-state index contributed by atoms with van der Waals surface area (Å²) < 4.78 is 11.3. The van der Waals surface area contributed by atoms with E-state index in [0.717, 1.165) is 39.3 Å². The van der Waals surface area contributed by atoms with Gasteiger partial charge in [-0.25, -0.2) is 0 Å². The lowest BCUT2D eigenvalue weighted by molar-refractivity contribution is -0.143. The fraction of sp³-hybridized carbons (Fsp3) is 0.517. The van der Waals surface area contributed by atoms with Crippen LogP contribution in [-0.2, 0) is 14.3 Å². The number of carbonyl (C=O) groups is 2. The van der Waals surface area contributed by atoms with Gasteiger partial charge in [0.25, 0.3) is 0 Å². The number of amides is 1. The number of nitrogens with one attached hydrogen (secondary N) is 1. The monoisotopic (exact) mass is 465 g/mol. The van der Waals surface area contributed by atoms with E-state index in [1.165, 1.54) is 5.56 Å². The summed E-state index contributed by atoms with van der Waals surface area (Å²) in [6.07, 6.45) is 0.838. The van der Waals surface area contributed by atoms with Crippen molar-refractivity contribution in [2.24, 2.45) is 5.41 Å². The molecule has 34 heavy (non-hydrogen) atoms. The molecule has 1 aliphatic rings. The van der Waals surface area contributed by atoms with Gasteiger partial charge in [0, 0.05) is 23.6 Å². The summed E-state index contributed by atoms with van der Waals surface area (Å²) in [4.78, 5) is 24.6. The third-order valence-electron chi connectivity index (χ3n) is 6.69. The van der Waals surface area contributed by atoms with Crippen molar-refractivity contribution in [3.05, 3.63) is 57.6 Å². The van der Waals surface area contributed by atoms with E-state index in [2.05, 4.69) is 64.2 Å². The summed E-state index contributed by atoms with van der Waals surface area (Å²) in [6.45, 7) is 17.3. The Hall–Kier alpha value is -2.82. The summed E-state index contributed by atoms with van der Waals surface area (Å²) in [5.74, 6) is 1.00. The largest absolute Gasteiger partial charge is 0.492 e. The number of carbonyl (C=O) groups excluding carboxylic acids is 2. The highest BCUT2D eigenvalue weighted by atomic mass is 16.5. The molecule has 2 aromatic rings. The van der Waals surface area contributed by atoms with Crippen molar-refractivity contribution < 1.29 is 19.1 Å². The third kappa shape index (κ3) is 5.63. The van der Waals surface area contributed by atoms with Crippen LogP contribution >= 0.6 is 0 Å². The Morgan fingerprint density at radius 1 is 1.09 bits per heavy atom. The maximum atomic E-state index is 12.7. The van der Waals surface area contributed by atoms with Gasteiger partial charge in [0.05, 0.1) is 19.6 Å². The first-order valence-electron chi connectivity index (χ1n) is 12.2. The average Bonchev–Trinajstić information content (AvgIpc) is 3.19. The predicted molar refractivity (Wildman–Crippen MR) is 137 cm³/mol. The highest BCUT2D eigenvalue weighted by molar-refractivity contribution is 5.93. The predicted octanol–water partition coefficient (Wildman–Crippen LogP) is 6.57. The van der Waals surface area contributed by atoms with Crippen LogP contribution < -0.4 is 10.1 Å². The highest BCUT2D eigenvalue weighted by Gasteiger charge is 2.32. The molecule has 0 bridgehead atoms. The Morgan fingerprint density at radius 2 is 1.74 bits per heavy atom. The minimum atomic E-state index is -0.167. The van der Waals surface area contributed by atoms with Gasteiger partial charge in [-0.1, -0.05) is 52.0 Å². The lowest BCUT2D eigenvalue weighted by Gasteiger charge is -2.22.